The average molecular weight is 679 g/mol. The lowest BCUT2D eigenvalue weighted by atomic mass is 9.32. The van der Waals surface area contributed by atoms with E-state index >= 15 is 0 Å². The Bertz CT molecular complexity index is 1320. The summed E-state index contributed by atoms with van der Waals surface area (Å²) in [5, 5.41) is 74.0. The van der Waals surface area contributed by atoms with Crippen molar-refractivity contribution in [2.45, 2.75) is 142 Å². The van der Waals surface area contributed by atoms with Crippen molar-refractivity contribution in [1.82, 2.24) is 0 Å². The normalized spacial score (nSPS) is 54.7. The minimum absolute atomic E-state index is 0.0391. The first-order valence-electron chi connectivity index (χ1n) is 18.2. The minimum atomic E-state index is -2.84. The lowest BCUT2D eigenvalue weighted by Crippen LogP contribution is -2.71. The Morgan fingerprint density at radius 1 is 0.833 bits per heavy atom. The van der Waals surface area contributed by atoms with Crippen LogP contribution in [0.5, 0.6) is 0 Å². The second-order valence-electron chi connectivity index (χ2n) is 17.4. The van der Waals surface area contributed by atoms with Crippen molar-refractivity contribution >= 4 is 11.9 Å². The molecule has 0 amide bonds. The van der Waals surface area contributed by atoms with E-state index in [9.17, 15) is 45.3 Å². The zero-order valence-electron chi connectivity index (χ0n) is 29.2. The molecule has 1 aliphatic heterocycles. The fourth-order valence-electron chi connectivity index (χ4n) is 13.2. The summed E-state index contributed by atoms with van der Waals surface area (Å²) in [5.41, 5.74) is -1.76. The minimum Gasteiger partial charge on any atom is -0.481 e. The molecule has 0 aromatic heterocycles. The number of aliphatic hydroxyl groups excluding tert-OH is 4. The molecule has 0 bridgehead atoms. The summed E-state index contributed by atoms with van der Waals surface area (Å²) in [7, 11) is 0. The highest BCUT2D eigenvalue weighted by Gasteiger charge is 2.74. The topological polar surface area (TPSA) is 194 Å². The van der Waals surface area contributed by atoms with E-state index in [4.69, 9.17) is 9.47 Å². The lowest BCUT2D eigenvalue weighted by molar-refractivity contribution is -0.466. The van der Waals surface area contributed by atoms with Gasteiger partial charge in [0.1, 0.15) is 18.3 Å². The van der Waals surface area contributed by atoms with Crippen molar-refractivity contribution in [2.75, 3.05) is 6.61 Å². The van der Waals surface area contributed by atoms with E-state index in [1.807, 2.05) is 0 Å². The molecule has 272 valence electrons. The Kier molecular flexibility index (Phi) is 8.84. The van der Waals surface area contributed by atoms with Gasteiger partial charge in [-0.25, -0.2) is 0 Å². The number of allylic oxidation sites excluding steroid dienone is 1. The van der Waals surface area contributed by atoms with E-state index in [2.05, 4.69) is 34.3 Å². The molecule has 5 saturated carbocycles. The van der Waals surface area contributed by atoms with Gasteiger partial charge in [0.05, 0.1) is 23.5 Å². The van der Waals surface area contributed by atoms with E-state index in [0.717, 1.165) is 44.1 Å². The molecule has 0 radical (unpaired) electrons. The SMILES string of the molecule is C=C(CC)[C@@H]1CC[C@]2(C(=O)O)CC[C@]3(C)[C@H](CC[C@@H]4[C@@]5(C)CC[C@@H](O[C@]6(O)OC(CO)[C@@H](O)C(O)[C@@H]6O)[C@@](C)(C(=O)O)[C@@H]5CC[C@]43C)[C@@H]12. The fraction of sp³-hybridized carbons (Fsp3) is 0.892. The molecule has 0 aromatic rings. The predicted molar refractivity (Wildman–Crippen MR) is 173 cm³/mol. The molecule has 7 N–H and O–H groups in total. The van der Waals surface area contributed by atoms with Gasteiger partial charge < -0.3 is 45.2 Å². The van der Waals surface area contributed by atoms with Crippen molar-refractivity contribution in [1.29, 1.82) is 0 Å². The number of ether oxygens (including phenoxy) is 2. The van der Waals surface area contributed by atoms with Crippen molar-refractivity contribution < 1.29 is 54.8 Å². The van der Waals surface area contributed by atoms with E-state index < -0.39 is 71.3 Å². The molecular weight excluding hydrogens is 620 g/mol. The molecule has 2 unspecified atom stereocenters. The summed E-state index contributed by atoms with van der Waals surface area (Å²) in [4.78, 5) is 26.4. The number of carboxylic acids is 2. The maximum absolute atomic E-state index is 13.4. The Morgan fingerprint density at radius 2 is 1.52 bits per heavy atom. The second-order valence-corrected chi connectivity index (χ2v) is 17.4. The summed E-state index contributed by atoms with van der Waals surface area (Å²) >= 11 is 0. The smallest absolute Gasteiger partial charge is 0.312 e. The molecule has 11 heteroatoms. The number of carboxylic acid groups (broad SMARTS) is 2. The van der Waals surface area contributed by atoms with Crippen LogP contribution in [0, 0.1) is 56.7 Å². The van der Waals surface area contributed by atoms with Crippen LogP contribution in [0.1, 0.15) is 105 Å². The van der Waals surface area contributed by atoms with Crippen LogP contribution in [-0.4, -0.2) is 90.8 Å². The van der Waals surface area contributed by atoms with Crippen LogP contribution in [0.3, 0.4) is 0 Å². The van der Waals surface area contributed by atoms with Gasteiger partial charge in [0.25, 0.3) is 0 Å². The van der Waals surface area contributed by atoms with Crippen molar-refractivity contribution in [3.8, 4) is 0 Å². The zero-order valence-corrected chi connectivity index (χ0v) is 29.2. The molecule has 0 spiro atoms. The van der Waals surface area contributed by atoms with Gasteiger partial charge in [-0.3, -0.25) is 9.59 Å². The number of hydrogen-bond acceptors (Lipinski definition) is 9. The number of carbonyl (C=O) groups is 2. The predicted octanol–water partition coefficient (Wildman–Crippen LogP) is 3.69. The largest absolute Gasteiger partial charge is 0.481 e. The van der Waals surface area contributed by atoms with Crippen molar-refractivity contribution in [2.24, 2.45) is 56.7 Å². The molecule has 1 saturated heterocycles. The Labute approximate surface area is 283 Å². The van der Waals surface area contributed by atoms with Gasteiger partial charge in [-0.05, 0) is 123 Å². The molecule has 0 aromatic carbocycles. The van der Waals surface area contributed by atoms with Crippen LogP contribution in [0.2, 0.25) is 0 Å². The van der Waals surface area contributed by atoms with Gasteiger partial charge in [0.15, 0.2) is 6.10 Å². The summed E-state index contributed by atoms with van der Waals surface area (Å²) in [6.45, 7) is 14.4. The highest BCUT2D eigenvalue weighted by atomic mass is 16.8. The zero-order chi connectivity index (χ0) is 35.4. The molecule has 6 fully saturated rings. The Balaban J connectivity index is 1.33. The van der Waals surface area contributed by atoms with Gasteiger partial charge in [-0.15, -0.1) is 0 Å². The van der Waals surface area contributed by atoms with Crippen molar-refractivity contribution in [3.63, 3.8) is 0 Å². The maximum atomic E-state index is 13.4. The first-order valence-corrected chi connectivity index (χ1v) is 18.2. The van der Waals surface area contributed by atoms with E-state index in [1.165, 1.54) is 0 Å². The second kappa shape index (κ2) is 11.7. The first-order chi connectivity index (χ1) is 22.3. The highest BCUT2D eigenvalue weighted by molar-refractivity contribution is 5.77. The summed E-state index contributed by atoms with van der Waals surface area (Å²) in [6.07, 6.45) is -0.369. The van der Waals surface area contributed by atoms with Gasteiger partial charge >= 0.3 is 17.9 Å². The van der Waals surface area contributed by atoms with Crippen LogP contribution in [0.25, 0.3) is 0 Å². The molecule has 11 nitrogen and oxygen atoms in total. The standard InChI is InChI=1S/C37H58O11/c1-7-19(2)20-10-15-36(31(44)45)17-16-33(4)21(26(20)36)8-9-23-32(3)13-12-25(35(6,30(42)43)24(32)11-14-34(23,33)5)48-37(46)29(41)28(40)27(39)22(18-38)47-37/h20-29,38-41,46H,2,7-18H2,1,3-6H3,(H,42,43)(H,44,45)/t20-,21+,22?,23+,24+,25+,26+,27+,28?,29-,32+,33+,34+,35-,36-,37+/m0/s1. The fourth-order valence-corrected chi connectivity index (χ4v) is 13.2. The number of aliphatic carboxylic acids is 2. The monoisotopic (exact) mass is 678 g/mol. The van der Waals surface area contributed by atoms with Crippen LogP contribution in [0.4, 0.5) is 0 Å². The quantitative estimate of drug-likeness (QED) is 0.118. The molecule has 48 heavy (non-hydrogen) atoms. The van der Waals surface area contributed by atoms with Crippen LogP contribution < -0.4 is 0 Å². The number of fused-ring (bicyclic) bond motifs is 7. The van der Waals surface area contributed by atoms with Gasteiger partial charge in [-0.1, -0.05) is 39.8 Å². The van der Waals surface area contributed by atoms with Gasteiger partial charge in [0.2, 0.25) is 0 Å². The molecule has 6 rings (SSSR count). The molecular formula is C37H58O11. The number of hydrogen-bond donors (Lipinski definition) is 7. The van der Waals surface area contributed by atoms with E-state index in [0.29, 0.717) is 25.7 Å². The third kappa shape index (κ3) is 4.56. The number of rotatable bonds is 7. The summed E-state index contributed by atoms with van der Waals surface area (Å²) in [5.74, 6) is -4.31. The Hall–Kier alpha value is -1.60. The lowest BCUT2D eigenvalue weighted by Gasteiger charge is -2.72. The van der Waals surface area contributed by atoms with Gasteiger partial charge in [0, 0.05) is 0 Å². The third-order valence-electron chi connectivity index (χ3n) is 16.1. The molecule has 5 aliphatic carbocycles. The Morgan fingerprint density at radius 3 is 2.12 bits per heavy atom. The highest BCUT2D eigenvalue weighted by Crippen LogP contribution is 2.77. The summed E-state index contributed by atoms with van der Waals surface area (Å²) < 4.78 is 11.4. The van der Waals surface area contributed by atoms with Crippen LogP contribution in [-0.2, 0) is 19.1 Å². The molecule has 6 aliphatic rings. The summed E-state index contributed by atoms with van der Waals surface area (Å²) in [6, 6.07) is 0. The van der Waals surface area contributed by atoms with Gasteiger partial charge in [-0.2, -0.15) is 0 Å². The van der Waals surface area contributed by atoms with Crippen LogP contribution >= 0.6 is 0 Å². The third-order valence-corrected chi connectivity index (χ3v) is 16.1. The molecule has 1 heterocycles. The molecule has 16 atom stereocenters. The van der Waals surface area contributed by atoms with E-state index in [1.54, 1.807) is 6.92 Å². The van der Waals surface area contributed by atoms with E-state index in [-0.39, 0.29) is 46.8 Å². The average Bonchev–Trinajstić information content (AvgIpc) is 3.44. The number of aliphatic hydroxyl groups is 5. The van der Waals surface area contributed by atoms with Crippen LogP contribution in [0.15, 0.2) is 12.2 Å². The maximum Gasteiger partial charge on any atom is 0.312 e. The van der Waals surface area contributed by atoms with Crippen molar-refractivity contribution in [3.05, 3.63) is 12.2 Å². The first kappa shape index (κ1) is 36.2.